The van der Waals surface area contributed by atoms with Gasteiger partial charge in [-0.25, -0.2) is 9.97 Å². The van der Waals surface area contributed by atoms with Crippen LogP contribution in [0.15, 0.2) is 134 Å². The second kappa shape index (κ2) is 13.7. The summed E-state index contributed by atoms with van der Waals surface area (Å²) in [6, 6.07) is 41.4. The molecule has 0 atom stereocenters. The van der Waals surface area contributed by atoms with Gasteiger partial charge in [-0.3, -0.25) is 13.5 Å². The molecule has 296 valence electrons. The topological polar surface area (TPSA) is 82.4 Å². The average Bonchev–Trinajstić information content (AvgIpc) is 3.88. The lowest BCUT2D eigenvalue weighted by molar-refractivity contribution is 0.446. The molecule has 0 amide bonds. The van der Waals surface area contributed by atoms with Crippen LogP contribution in [0.1, 0.15) is 79.0 Å². The molecule has 4 heterocycles. The zero-order valence-electron chi connectivity index (χ0n) is 35.2. The van der Waals surface area contributed by atoms with Crippen molar-refractivity contribution >= 4 is 28.0 Å². The maximum Gasteiger partial charge on any atom is 0.238 e. The Balaban J connectivity index is 1.24. The van der Waals surface area contributed by atoms with Gasteiger partial charge in [0.2, 0.25) is 11.7 Å². The van der Waals surface area contributed by atoms with Gasteiger partial charge in [-0.1, -0.05) is 123 Å². The third-order valence-corrected chi connectivity index (χ3v) is 11.2. The number of pyridine rings is 1. The lowest BCUT2D eigenvalue weighted by Gasteiger charge is -2.27. The first-order chi connectivity index (χ1) is 28.1. The smallest absolute Gasteiger partial charge is 0.238 e. The van der Waals surface area contributed by atoms with E-state index in [0.717, 1.165) is 61.6 Å². The van der Waals surface area contributed by atoms with E-state index in [4.69, 9.17) is 19.7 Å². The average molecular weight is 779 g/mol. The largest absolute Gasteiger partial charge is 0.507 e. The minimum absolute atomic E-state index is 0.0741. The number of hydrogen-bond acceptors (Lipinski definition) is 5. The van der Waals surface area contributed by atoms with Crippen molar-refractivity contribution in [3.8, 4) is 51.3 Å². The Kier molecular flexibility index (Phi) is 8.81. The molecule has 1 N–H and O–H groups in total. The second-order valence-electron chi connectivity index (χ2n) is 18.6. The van der Waals surface area contributed by atoms with Crippen LogP contribution >= 0.6 is 0 Å². The molecule has 4 aromatic heterocycles. The van der Waals surface area contributed by atoms with Gasteiger partial charge in [-0.15, -0.1) is 0 Å². The van der Waals surface area contributed by atoms with Crippen LogP contribution < -0.4 is 4.74 Å². The van der Waals surface area contributed by atoms with Crippen LogP contribution in [0.4, 0.5) is 0 Å². The minimum atomic E-state index is -0.329. The zero-order chi connectivity index (χ0) is 41.4. The van der Waals surface area contributed by atoms with Crippen molar-refractivity contribution in [1.29, 1.82) is 0 Å². The van der Waals surface area contributed by atoms with E-state index in [-0.39, 0.29) is 22.0 Å². The summed E-state index contributed by atoms with van der Waals surface area (Å²) in [4.78, 5) is 15.1. The van der Waals surface area contributed by atoms with Crippen molar-refractivity contribution in [3.63, 3.8) is 0 Å². The first-order valence-corrected chi connectivity index (χ1v) is 20.3. The second-order valence-corrected chi connectivity index (χ2v) is 18.6. The molecule has 0 aliphatic carbocycles. The number of fused-ring (bicyclic) bond motifs is 5. The fourth-order valence-corrected chi connectivity index (χ4v) is 7.93. The van der Waals surface area contributed by atoms with Crippen molar-refractivity contribution in [1.82, 2.24) is 28.5 Å². The number of para-hydroxylation sites is 2. The number of aromatic hydroxyl groups is 1. The van der Waals surface area contributed by atoms with E-state index in [1.165, 1.54) is 5.56 Å². The Morgan fingerprint density at radius 3 is 2.07 bits per heavy atom. The Labute approximate surface area is 345 Å². The summed E-state index contributed by atoms with van der Waals surface area (Å²) in [6.07, 6.45) is 3.74. The van der Waals surface area contributed by atoms with E-state index in [2.05, 4.69) is 143 Å². The number of benzene rings is 5. The highest BCUT2D eigenvalue weighted by Gasteiger charge is 2.29. The van der Waals surface area contributed by atoms with Gasteiger partial charge < -0.3 is 9.84 Å². The molecule has 0 fully saturated rings. The van der Waals surface area contributed by atoms with Crippen LogP contribution in [0, 0.1) is 0 Å². The number of ether oxygens (including phenoxy) is 1. The SMILES string of the molecule is CC(C)(C)c1ccc(-n2cc(Oc3cccc(-n4c5ncccc5n5c6ccccc6nc45)c3)nc2-c2cc(C(C)(C)C)cc(C(C)(C)C)c2O)c(-c2ccccc2)c1. The molecular formula is C51H50N6O2. The van der Waals surface area contributed by atoms with Gasteiger partial charge >= 0.3 is 0 Å². The summed E-state index contributed by atoms with van der Waals surface area (Å²) >= 11 is 0. The van der Waals surface area contributed by atoms with Crippen LogP contribution in [0.5, 0.6) is 17.4 Å². The van der Waals surface area contributed by atoms with Gasteiger partial charge in [-0.05, 0) is 87.5 Å². The van der Waals surface area contributed by atoms with Gasteiger partial charge in [0, 0.05) is 23.4 Å². The van der Waals surface area contributed by atoms with Crippen molar-refractivity contribution in [2.75, 3.05) is 0 Å². The third kappa shape index (κ3) is 6.72. The molecule has 8 heteroatoms. The highest BCUT2D eigenvalue weighted by molar-refractivity contribution is 5.90. The fourth-order valence-electron chi connectivity index (χ4n) is 7.93. The molecule has 0 unspecified atom stereocenters. The number of phenolic OH excluding ortho intramolecular Hbond substituents is 1. The fraction of sp³-hybridized carbons (Fsp3) is 0.235. The van der Waals surface area contributed by atoms with E-state index in [1.54, 1.807) is 0 Å². The van der Waals surface area contributed by atoms with E-state index in [1.807, 2.05) is 67.0 Å². The van der Waals surface area contributed by atoms with E-state index >= 15 is 0 Å². The van der Waals surface area contributed by atoms with Crippen molar-refractivity contribution in [2.45, 2.75) is 78.6 Å². The van der Waals surface area contributed by atoms with Crippen molar-refractivity contribution in [3.05, 3.63) is 150 Å². The molecule has 0 saturated heterocycles. The lowest BCUT2D eigenvalue weighted by atomic mass is 9.79. The number of nitrogens with zero attached hydrogens (tertiary/aromatic N) is 6. The molecule has 5 aromatic carbocycles. The number of aromatic nitrogens is 6. The number of imidazole rings is 3. The molecule has 0 aliphatic heterocycles. The van der Waals surface area contributed by atoms with Crippen LogP contribution in [0.25, 0.3) is 61.9 Å². The quantitative estimate of drug-likeness (QED) is 0.182. The number of phenols is 1. The Bertz CT molecular complexity index is 3040. The monoisotopic (exact) mass is 778 g/mol. The summed E-state index contributed by atoms with van der Waals surface area (Å²) in [6.45, 7) is 19.7. The summed E-state index contributed by atoms with van der Waals surface area (Å²) in [5.74, 6) is 2.54. The van der Waals surface area contributed by atoms with Gasteiger partial charge in [0.15, 0.2) is 11.5 Å². The van der Waals surface area contributed by atoms with Crippen LogP contribution in [-0.2, 0) is 16.2 Å². The summed E-state index contributed by atoms with van der Waals surface area (Å²) in [5.41, 5.74) is 10.8. The summed E-state index contributed by atoms with van der Waals surface area (Å²) in [5, 5.41) is 12.2. The molecule has 0 aliphatic rings. The van der Waals surface area contributed by atoms with Crippen LogP contribution in [-0.4, -0.2) is 33.6 Å². The lowest BCUT2D eigenvalue weighted by Crippen LogP contribution is -2.17. The Morgan fingerprint density at radius 2 is 1.32 bits per heavy atom. The number of rotatable bonds is 6. The summed E-state index contributed by atoms with van der Waals surface area (Å²) < 4.78 is 13.0. The maximum absolute atomic E-state index is 12.2. The maximum atomic E-state index is 12.2. The number of hydrogen-bond donors (Lipinski definition) is 1. The molecule has 9 rings (SSSR count). The highest BCUT2D eigenvalue weighted by atomic mass is 16.5. The Morgan fingerprint density at radius 1 is 0.610 bits per heavy atom. The van der Waals surface area contributed by atoms with Crippen LogP contribution in [0.2, 0.25) is 0 Å². The zero-order valence-corrected chi connectivity index (χ0v) is 35.2. The van der Waals surface area contributed by atoms with E-state index in [9.17, 15) is 5.11 Å². The molecule has 9 aromatic rings. The molecule has 0 bridgehead atoms. The molecule has 0 radical (unpaired) electrons. The van der Waals surface area contributed by atoms with E-state index < -0.39 is 0 Å². The minimum Gasteiger partial charge on any atom is -0.507 e. The molecule has 8 nitrogen and oxygen atoms in total. The molecule has 59 heavy (non-hydrogen) atoms. The van der Waals surface area contributed by atoms with Gasteiger partial charge in [0.05, 0.1) is 39.7 Å². The van der Waals surface area contributed by atoms with Crippen molar-refractivity contribution < 1.29 is 9.84 Å². The van der Waals surface area contributed by atoms with Crippen LogP contribution in [0.3, 0.4) is 0 Å². The normalized spacial score (nSPS) is 12.6. The van der Waals surface area contributed by atoms with Crippen molar-refractivity contribution in [2.24, 2.45) is 0 Å². The summed E-state index contributed by atoms with van der Waals surface area (Å²) in [7, 11) is 0. The predicted octanol–water partition coefficient (Wildman–Crippen LogP) is 12.7. The molecular weight excluding hydrogens is 729 g/mol. The first-order valence-electron chi connectivity index (χ1n) is 20.3. The third-order valence-electron chi connectivity index (χ3n) is 11.2. The predicted molar refractivity (Wildman–Crippen MR) is 240 cm³/mol. The highest BCUT2D eigenvalue weighted by Crippen LogP contribution is 2.44. The first kappa shape index (κ1) is 37.9. The van der Waals surface area contributed by atoms with E-state index in [0.29, 0.717) is 23.0 Å². The molecule has 0 saturated carbocycles. The van der Waals surface area contributed by atoms with Gasteiger partial charge in [0.25, 0.3) is 0 Å². The van der Waals surface area contributed by atoms with Gasteiger partial charge in [-0.2, -0.15) is 4.98 Å². The molecule has 0 spiro atoms. The van der Waals surface area contributed by atoms with Gasteiger partial charge in [0.1, 0.15) is 11.5 Å². The standard InChI is InChI=1S/C51H50N6O2/c1-49(2,3)33-24-25-41(37(27-33)32-17-11-10-12-18-32)55-31-44(54-46(55)38-28-34(50(4,5)6)29-39(45(38)58)51(7,8)9)59-36-20-15-19-35(30-36)56-47-43(23-16-26-52-47)57-42-22-14-13-21-40(42)53-48(56)57/h10-31,58H,1-9H3. The Hall–Kier alpha value is -6.67.